The van der Waals surface area contributed by atoms with Crippen molar-refractivity contribution in [3.8, 4) is 5.75 Å². The molecule has 110 valence electrons. The van der Waals surface area contributed by atoms with Crippen molar-refractivity contribution in [2.45, 2.75) is 25.0 Å². The summed E-state index contributed by atoms with van der Waals surface area (Å²) in [7, 11) is 1.81. The zero-order valence-corrected chi connectivity index (χ0v) is 12.5. The summed E-state index contributed by atoms with van der Waals surface area (Å²) in [4.78, 5) is 0. The Bertz CT molecular complexity index is 625. The Balaban J connectivity index is 1.84. The summed E-state index contributed by atoms with van der Waals surface area (Å²) < 4.78 is 19.8. The van der Waals surface area contributed by atoms with E-state index in [1.807, 2.05) is 31.3 Å². The van der Waals surface area contributed by atoms with Gasteiger partial charge >= 0.3 is 0 Å². The van der Waals surface area contributed by atoms with E-state index in [2.05, 4.69) is 5.32 Å². The molecule has 1 fully saturated rings. The predicted molar refractivity (Wildman–Crippen MR) is 82.4 cm³/mol. The van der Waals surface area contributed by atoms with E-state index in [1.165, 1.54) is 6.07 Å². The number of hydrogen-bond donors (Lipinski definition) is 1. The Morgan fingerprint density at radius 1 is 1.19 bits per heavy atom. The molecule has 21 heavy (non-hydrogen) atoms. The number of nitrogens with one attached hydrogen (secondary N) is 1. The molecule has 0 amide bonds. The van der Waals surface area contributed by atoms with Crippen LogP contribution >= 0.6 is 11.6 Å². The molecule has 1 saturated carbocycles. The molecular weight excluding hydrogens is 289 g/mol. The standard InChI is InChI=1S/C17H17ClFNO/c1-20-17(15-9-4-12(18)10-16(15)19)11-2-5-13(6-3-11)21-14-7-8-14/h2-6,9-10,14,17,20H,7-8H2,1H3. The first kappa shape index (κ1) is 14.4. The molecule has 0 spiro atoms. The van der Waals surface area contributed by atoms with Crippen LogP contribution in [0.15, 0.2) is 42.5 Å². The van der Waals surface area contributed by atoms with Gasteiger partial charge in [-0.25, -0.2) is 4.39 Å². The van der Waals surface area contributed by atoms with Gasteiger partial charge in [-0.1, -0.05) is 29.8 Å². The van der Waals surface area contributed by atoms with Crippen LogP contribution in [0.3, 0.4) is 0 Å². The monoisotopic (exact) mass is 305 g/mol. The molecule has 4 heteroatoms. The largest absolute Gasteiger partial charge is 0.490 e. The molecule has 0 saturated heterocycles. The van der Waals surface area contributed by atoms with Crippen LogP contribution in [0.4, 0.5) is 4.39 Å². The van der Waals surface area contributed by atoms with Gasteiger partial charge in [0.2, 0.25) is 0 Å². The van der Waals surface area contributed by atoms with Crippen LogP contribution in [0.2, 0.25) is 5.02 Å². The molecule has 2 aromatic carbocycles. The average Bonchev–Trinajstić information content (AvgIpc) is 3.27. The molecule has 0 radical (unpaired) electrons. The van der Waals surface area contributed by atoms with Crippen molar-refractivity contribution >= 4 is 11.6 Å². The van der Waals surface area contributed by atoms with Gasteiger partial charge in [-0.05, 0) is 49.7 Å². The second-order valence-corrected chi connectivity index (χ2v) is 5.71. The number of ether oxygens (including phenoxy) is 1. The maximum Gasteiger partial charge on any atom is 0.129 e. The van der Waals surface area contributed by atoms with Gasteiger partial charge in [0, 0.05) is 10.6 Å². The summed E-state index contributed by atoms with van der Waals surface area (Å²) in [6, 6.07) is 12.4. The van der Waals surface area contributed by atoms with Crippen LogP contribution in [-0.2, 0) is 0 Å². The molecule has 1 N–H and O–H groups in total. The van der Waals surface area contributed by atoms with Gasteiger partial charge in [0.1, 0.15) is 11.6 Å². The second-order valence-electron chi connectivity index (χ2n) is 5.27. The van der Waals surface area contributed by atoms with Gasteiger partial charge < -0.3 is 10.1 Å². The van der Waals surface area contributed by atoms with E-state index in [0.29, 0.717) is 16.7 Å². The van der Waals surface area contributed by atoms with Crippen LogP contribution in [0, 0.1) is 5.82 Å². The highest BCUT2D eigenvalue weighted by atomic mass is 35.5. The highest BCUT2D eigenvalue weighted by Gasteiger charge is 2.23. The van der Waals surface area contributed by atoms with Crippen molar-refractivity contribution in [3.63, 3.8) is 0 Å². The molecule has 3 rings (SSSR count). The molecule has 1 unspecified atom stereocenters. The van der Waals surface area contributed by atoms with E-state index >= 15 is 0 Å². The fourth-order valence-electron chi connectivity index (χ4n) is 2.35. The van der Waals surface area contributed by atoms with Crippen LogP contribution in [0.5, 0.6) is 5.75 Å². The molecule has 0 aliphatic heterocycles. The third kappa shape index (κ3) is 3.36. The van der Waals surface area contributed by atoms with Gasteiger partial charge in [-0.3, -0.25) is 0 Å². The molecular formula is C17H17ClFNO. The Labute approximate surface area is 128 Å². The average molecular weight is 306 g/mol. The lowest BCUT2D eigenvalue weighted by molar-refractivity contribution is 0.303. The lowest BCUT2D eigenvalue weighted by Gasteiger charge is -2.18. The minimum absolute atomic E-state index is 0.211. The summed E-state index contributed by atoms with van der Waals surface area (Å²) in [5.41, 5.74) is 1.57. The predicted octanol–water partition coefficient (Wildman–Crippen LogP) is 4.33. The summed E-state index contributed by atoms with van der Waals surface area (Å²) in [5.74, 6) is 0.563. The normalized spacial score (nSPS) is 15.8. The van der Waals surface area contributed by atoms with Gasteiger partial charge in [0.05, 0.1) is 12.1 Å². The number of halogens is 2. The molecule has 1 aliphatic rings. The molecule has 0 aromatic heterocycles. The van der Waals surface area contributed by atoms with E-state index < -0.39 is 0 Å². The smallest absolute Gasteiger partial charge is 0.129 e. The fraction of sp³-hybridized carbons (Fsp3) is 0.294. The lowest BCUT2D eigenvalue weighted by Crippen LogP contribution is -2.18. The van der Waals surface area contributed by atoms with Gasteiger partial charge in [-0.15, -0.1) is 0 Å². The Morgan fingerprint density at radius 3 is 2.48 bits per heavy atom. The zero-order valence-electron chi connectivity index (χ0n) is 11.8. The van der Waals surface area contributed by atoms with Crippen molar-refractivity contribution in [2.24, 2.45) is 0 Å². The van der Waals surface area contributed by atoms with E-state index in [-0.39, 0.29) is 11.9 Å². The lowest BCUT2D eigenvalue weighted by atomic mass is 9.98. The van der Waals surface area contributed by atoms with E-state index in [1.54, 1.807) is 12.1 Å². The van der Waals surface area contributed by atoms with Gasteiger partial charge in [0.25, 0.3) is 0 Å². The first-order chi connectivity index (χ1) is 10.2. The maximum absolute atomic E-state index is 14.1. The highest BCUT2D eigenvalue weighted by molar-refractivity contribution is 6.30. The summed E-state index contributed by atoms with van der Waals surface area (Å²) in [6.45, 7) is 0. The van der Waals surface area contributed by atoms with E-state index in [0.717, 1.165) is 24.2 Å². The molecule has 0 heterocycles. The van der Waals surface area contributed by atoms with Crippen LogP contribution in [0.1, 0.15) is 30.0 Å². The molecule has 2 nitrogen and oxygen atoms in total. The van der Waals surface area contributed by atoms with Crippen molar-refractivity contribution in [1.82, 2.24) is 5.32 Å². The SMILES string of the molecule is CNC(c1ccc(OC2CC2)cc1)c1ccc(Cl)cc1F. The minimum atomic E-state index is -0.305. The molecule has 0 bridgehead atoms. The van der Waals surface area contributed by atoms with Crippen molar-refractivity contribution in [1.29, 1.82) is 0 Å². The fourth-order valence-corrected chi connectivity index (χ4v) is 2.51. The summed E-state index contributed by atoms with van der Waals surface area (Å²) in [5, 5.41) is 3.55. The van der Waals surface area contributed by atoms with Crippen molar-refractivity contribution < 1.29 is 9.13 Å². The summed E-state index contributed by atoms with van der Waals surface area (Å²) >= 11 is 5.81. The van der Waals surface area contributed by atoms with E-state index in [4.69, 9.17) is 16.3 Å². The molecule has 1 aliphatic carbocycles. The van der Waals surface area contributed by atoms with Gasteiger partial charge in [0.15, 0.2) is 0 Å². The minimum Gasteiger partial charge on any atom is -0.490 e. The van der Waals surface area contributed by atoms with Crippen LogP contribution < -0.4 is 10.1 Å². The maximum atomic E-state index is 14.1. The topological polar surface area (TPSA) is 21.3 Å². The third-order valence-corrected chi connectivity index (χ3v) is 3.84. The Kier molecular flexibility index (Phi) is 4.13. The van der Waals surface area contributed by atoms with Crippen LogP contribution in [-0.4, -0.2) is 13.2 Å². The Morgan fingerprint density at radius 2 is 1.90 bits per heavy atom. The highest BCUT2D eigenvalue weighted by Crippen LogP contribution is 2.30. The number of hydrogen-bond acceptors (Lipinski definition) is 2. The second kappa shape index (κ2) is 6.04. The summed E-state index contributed by atoms with van der Waals surface area (Å²) in [6.07, 6.45) is 2.65. The van der Waals surface area contributed by atoms with Crippen LogP contribution in [0.25, 0.3) is 0 Å². The molecule has 1 atom stereocenters. The number of rotatable bonds is 5. The molecule has 2 aromatic rings. The zero-order chi connectivity index (χ0) is 14.8. The Hall–Kier alpha value is -1.58. The number of benzene rings is 2. The first-order valence-electron chi connectivity index (χ1n) is 7.06. The van der Waals surface area contributed by atoms with Crippen molar-refractivity contribution in [3.05, 3.63) is 64.4 Å². The van der Waals surface area contributed by atoms with Crippen molar-refractivity contribution in [2.75, 3.05) is 7.05 Å². The van der Waals surface area contributed by atoms with Gasteiger partial charge in [-0.2, -0.15) is 0 Å². The first-order valence-corrected chi connectivity index (χ1v) is 7.44. The quantitative estimate of drug-likeness (QED) is 0.888. The van der Waals surface area contributed by atoms with E-state index in [9.17, 15) is 4.39 Å². The third-order valence-electron chi connectivity index (χ3n) is 3.60.